The van der Waals surface area contributed by atoms with Crippen molar-refractivity contribution in [2.45, 2.75) is 32.0 Å². The number of halogens is 1. The Morgan fingerprint density at radius 1 is 1.21 bits per heavy atom. The summed E-state index contributed by atoms with van der Waals surface area (Å²) in [6, 6.07) is 15.6. The molecule has 2 aromatic rings. The average molecular weight is 347 g/mol. The number of aryl methyl sites for hydroxylation is 1. The fourth-order valence-electron chi connectivity index (χ4n) is 3.03. The number of aliphatic hydroxyl groups is 1. The molecule has 128 valence electrons. The number of hydrogen-bond acceptors (Lipinski definition) is 3. The number of amides is 1. The lowest BCUT2D eigenvalue weighted by atomic mass is 9.95. The molecular formula is C19H23ClN2O2. The molecular weight excluding hydrogens is 324 g/mol. The SMILES string of the molecule is Cc1ccccc1C(O)CNC(=O)C1Cc2ccccc2CN1.Cl. The zero-order valence-corrected chi connectivity index (χ0v) is 14.5. The summed E-state index contributed by atoms with van der Waals surface area (Å²) >= 11 is 0. The first-order valence-corrected chi connectivity index (χ1v) is 7.96. The minimum absolute atomic E-state index is 0. The van der Waals surface area contributed by atoms with Crippen molar-refractivity contribution >= 4 is 18.3 Å². The maximum atomic E-state index is 12.3. The van der Waals surface area contributed by atoms with E-state index in [1.807, 2.05) is 43.3 Å². The van der Waals surface area contributed by atoms with Gasteiger partial charge in [-0.05, 0) is 35.6 Å². The van der Waals surface area contributed by atoms with Crippen molar-refractivity contribution in [3.8, 4) is 0 Å². The van der Waals surface area contributed by atoms with Gasteiger partial charge in [-0.2, -0.15) is 0 Å². The summed E-state index contributed by atoms with van der Waals surface area (Å²) < 4.78 is 0. The van der Waals surface area contributed by atoms with Crippen molar-refractivity contribution in [1.29, 1.82) is 0 Å². The van der Waals surface area contributed by atoms with E-state index in [9.17, 15) is 9.90 Å². The highest BCUT2D eigenvalue weighted by Crippen LogP contribution is 2.18. The molecule has 2 unspecified atom stereocenters. The van der Waals surface area contributed by atoms with Gasteiger partial charge < -0.3 is 15.7 Å². The molecule has 0 fully saturated rings. The van der Waals surface area contributed by atoms with Crippen LogP contribution in [0.2, 0.25) is 0 Å². The van der Waals surface area contributed by atoms with E-state index in [1.54, 1.807) is 0 Å². The number of rotatable bonds is 4. The third-order valence-corrected chi connectivity index (χ3v) is 4.41. The molecule has 24 heavy (non-hydrogen) atoms. The Morgan fingerprint density at radius 2 is 1.88 bits per heavy atom. The molecule has 0 spiro atoms. The van der Waals surface area contributed by atoms with E-state index in [-0.39, 0.29) is 30.9 Å². The summed E-state index contributed by atoms with van der Waals surface area (Å²) in [7, 11) is 0. The van der Waals surface area contributed by atoms with Gasteiger partial charge in [0.1, 0.15) is 0 Å². The first-order valence-electron chi connectivity index (χ1n) is 7.96. The first-order chi connectivity index (χ1) is 11.1. The van der Waals surface area contributed by atoms with Gasteiger partial charge in [-0.3, -0.25) is 4.79 Å². The van der Waals surface area contributed by atoms with Crippen LogP contribution in [0.3, 0.4) is 0 Å². The van der Waals surface area contributed by atoms with E-state index in [1.165, 1.54) is 11.1 Å². The van der Waals surface area contributed by atoms with Crippen LogP contribution in [-0.2, 0) is 17.8 Å². The molecule has 1 aliphatic heterocycles. The van der Waals surface area contributed by atoms with Crippen LogP contribution in [-0.4, -0.2) is 23.6 Å². The molecule has 3 N–H and O–H groups in total. The average Bonchev–Trinajstić information content (AvgIpc) is 2.59. The Bertz CT molecular complexity index is 705. The molecule has 0 radical (unpaired) electrons. The maximum absolute atomic E-state index is 12.3. The minimum atomic E-state index is -0.684. The van der Waals surface area contributed by atoms with Crippen molar-refractivity contribution < 1.29 is 9.90 Å². The van der Waals surface area contributed by atoms with Crippen molar-refractivity contribution in [3.05, 3.63) is 70.8 Å². The second-order valence-corrected chi connectivity index (χ2v) is 6.02. The lowest BCUT2D eigenvalue weighted by Gasteiger charge is -2.26. The summed E-state index contributed by atoms with van der Waals surface area (Å²) in [6.07, 6.45) is -0.00123. The second kappa shape index (κ2) is 8.29. The third kappa shape index (κ3) is 4.15. The molecule has 1 amide bonds. The summed E-state index contributed by atoms with van der Waals surface area (Å²) in [6.45, 7) is 2.89. The van der Waals surface area contributed by atoms with Crippen LogP contribution in [0.1, 0.15) is 28.4 Å². The van der Waals surface area contributed by atoms with Crippen LogP contribution in [0.25, 0.3) is 0 Å². The fourth-order valence-corrected chi connectivity index (χ4v) is 3.03. The van der Waals surface area contributed by atoms with Crippen molar-refractivity contribution in [3.63, 3.8) is 0 Å². The number of carbonyl (C=O) groups excluding carboxylic acids is 1. The zero-order valence-electron chi connectivity index (χ0n) is 13.7. The van der Waals surface area contributed by atoms with Crippen molar-refractivity contribution in [2.24, 2.45) is 0 Å². The lowest BCUT2D eigenvalue weighted by Crippen LogP contribution is -2.48. The molecule has 1 heterocycles. The number of fused-ring (bicyclic) bond motifs is 1. The molecule has 3 rings (SSSR count). The number of hydrogen-bond donors (Lipinski definition) is 3. The van der Waals surface area contributed by atoms with Gasteiger partial charge in [0.15, 0.2) is 0 Å². The summed E-state index contributed by atoms with van der Waals surface area (Å²) in [5, 5.41) is 16.4. The Kier molecular flexibility index (Phi) is 6.37. The topological polar surface area (TPSA) is 61.4 Å². The van der Waals surface area contributed by atoms with Gasteiger partial charge >= 0.3 is 0 Å². The summed E-state index contributed by atoms with van der Waals surface area (Å²) in [4.78, 5) is 12.3. The summed E-state index contributed by atoms with van der Waals surface area (Å²) in [5.41, 5.74) is 4.34. The Labute approximate surface area is 148 Å². The molecule has 0 bridgehead atoms. The van der Waals surface area contributed by atoms with Crippen LogP contribution >= 0.6 is 12.4 Å². The van der Waals surface area contributed by atoms with Crippen LogP contribution in [0.4, 0.5) is 0 Å². The van der Waals surface area contributed by atoms with E-state index in [0.717, 1.165) is 11.1 Å². The highest BCUT2D eigenvalue weighted by atomic mass is 35.5. The monoisotopic (exact) mass is 346 g/mol. The lowest BCUT2D eigenvalue weighted by molar-refractivity contribution is -0.123. The quantitative estimate of drug-likeness (QED) is 0.796. The van der Waals surface area contributed by atoms with E-state index in [0.29, 0.717) is 13.0 Å². The highest BCUT2D eigenvalue weighted by molar-refractivity contribution is 5.85. The number of aliphatic hydroxyl groups excluding tert-OH is 1. The standard InChI is InChI=1S/C19H22N2O2.ClH/c1-13-6-2-5-9-16(13)18(22)12-21-19(23)17-10-14-7-3-4-8-15(14)11-20-17;/h2-9,17-18,20,22H,10-12H2,1H3,(H,21,23);1H. The maximum Gasteiger partial charge on any atom is 0.237 e. The molecule has 1 aliphatic rings. The highest BCUT2D eigenvalue weighted by Gasteiger charge is 2.24. The van der Waals surface area contributed by atoms with Gasteiger partial charge in [-0.15, -0.1) is 12.4 Å². The van der Waals surface area contributed by atoms with E-state index in [4.69, 9.17) is 0 Å². The fraction of sp³-hybridized carbons (Fsp3) is 0.316. The van der Waals surface area contributed by atoms with Crippen LogP contribution in [0.5, 0.6) is 0 Å². The Morgan fingerprint density at radius 3 is 2.62 bits per heavy atom. The van der Waals surface area contributed by atoms with E-state index in [2.05, 4.69) is 22.8 Å². The number of benzene rings is 2. The molecule has 0 saturated heterocycles. The van der Waals surface area contributed by atoms with Gasteiger partial charge in [0, 0.05) is 13.1 Å². The molecule has 5 heteroatoms. The molecule has 2 aromatic carbocycles. The molecule has 0 saturated carbocycles. The summed E-state index contributed by atoms with van der Waals surface area (Å²) in [5.74, 6) is -0.0628. The predicted molar refractivity (Wildman–Crippen MR) is 97.2 cm³/mol. The molecule has 0 aromatic heterocycles. The van der Waals surface area contributed by atoms with E-state index < -0.39 is 6.10 Å². The van der Waals surface area contributed by atoms with E-state index >= 15 is 0 Å². The van der Waals surface area contributed by atoms with Crippen LogP contribution < -0.4 is 10.6 Å². The third-order valence-electron chi connectivity index (χ3n) is 4.41. The molecule has 2 atom stereocenters. The number of nitrogens with one attached hydrogen (secondary N) is 2. The molecule has 0 aliphatic carbocycles. The largest absolute Gasteiger partial charge is 0.387 e. The van der Waals surface area contributed by atoms with Crippen LogP contribution in [0.15, 0.2) is 48.5 Å². The van der Waals surface area contributed by atoms with Gasteiger partial charge in [-0.25, -0.2) is 0 Å². The predicted octanol–water partition coefficient (Wildman–Crippen LogP) is 2.28. The zero-order chi connectivity index (χ0) is 16.2. The van der Waals surface area contributed by atoms with Crippen LogP contribution in [0, 0.1) is 6.92 Å². The van der Waals surface area contributed by atoms with Gasteiger partial charge in [0.2, 0.25) is 5.91 Å². The second-order valence-electron chi connectivity index (χ2n) is 6.02. The Balaban J connectivity index is 0.00000208. The van der Waals surface area contributed by atoms with Gasteiger partial charge in [-0.1, -0.05) is 48.5 Å². The Hall–Kier alpha value is -1.88. The first kappa shape index (κ1) is 18.5. The van der Waals surface area contributed by atoms with Gasteiger partial charge in [0.25, 0.3) is 0 Å². The smallest absolute Gasteiger partial charge is 0.237 e. The van der Waals surface area contributed by atoms with Crippen molar-refractivity contribution in [1.82, 2.24) is 10.6 Å². The normalized spacial score (nSPS) is 17.3. The molecule has 4 nitrogen and oxygen atoms in total. The minimum Gasteiger partial charge on any atom is -0.387 e. The number of carbonyl (C=O) groups is 1. The van der Waals surface area contributed by atoms with Crippen molar-refractivity contribution in [2.75, 3.05) is 6.54 Å². The van der Waals surface area contributed by atoms with Gasteiger partial charge in [0.05, 0.1) is 12.1 Å².